The normalized spacial score (nSPS) is 11.8. The second-order valence-corrected chi connectivity index (χ2v) is 7.16. The number of ketones is 1. The maximum Gasteiger partial charge on any atom is 0.165 e. The van der Waals surface area contributed by atoms with Gasteiger partial charge in [-0.3, -0.25) is 4.79 Å². The molecular formula is C22H19BrFNO. The van der Waals surface area contributed by atoms with Crippen molar-refractivity contribution in [2.24, 2.45) is 0 Å². The number of Topliss-reactive ketones (excluding diaryl/α,β-unsaturated/α-hetero) is 1. The smallest absolute Gasteiger partial charge is 0.165 e. The number of hydrogen-bond donors (Lipinski definition) is 1. The van der Waals surface area contributed by atoms with Gasteiger partial charge in [0.2, 0.25) is 0 Å². The predicted molar refractivity (Wildman–Crippen MR) is 107 cm³/mol. The molecule has 0 amide bonds. The van der Waals surface area contributed by atoms with Gasteiger partial charge in [-0.15, -0.1) is 0 Å². The molecule has 1 N–H and O–H groups in total. The fraction of sp³-hybridized carbons (Fsp3) is 0.136. The molecule has 0 aliphatic rings. The van der Waals surface area contributed by atoms with Gasteiger partial charge >= 0.3 is 0 Å². The number of benzene rings is 3. The van der Waals surface area contributed by atoms with E-state index < -0.39 is 0 Å². The summed E-state index contributed by atoms with van der Waals surface area (Å²) in [5.74, 6) is -0.256. The molecule has 132 valence electrons. The summed E-state index contributed by atoms with van der Waals surface area (Å²) in [4.78, 5) is 12.7. The van der Waals surface area contributed by atoms with Crippen molar-refractivity contribution in [2.75, 3.05) is 5.32 Å². The van der Waals surface area contributed by atoms with E-state index in [1.165, 1.54) is 17.7 Å². The summed E-state index contributed by atoms with van der Waals surface area (Å²) in [7, 11) is 0. The van der Waals surface area contributed by atoms with Gasteiger partial charge in [0, 0.05) is 22.1 Å². The average molecular weight is 412 g/mol. The van der Waals surface area contributed by atoms with E-state index in [2.05, 4.69) is 21.2 Å². The van der Waals surface area contributed by atoms with Crippen LogP contribution in [0.3, 0.4) is 0 Å². The van der Waals surface area contributed by atoms with Crippen LogP contribution in [0.25, 0.3) is 0 Å². The van der Waals surface area contributed by atoms with Crippen molar-refractivity contribution < 1.29 is 9.18 Å². The van der Waals surface area contributed by atoms with Crippen molar-refractivity contribution in [3.8, 4) is 0 Å². The fourth-order valence-electron chi connectivity index (χ4n) is 2.74. The van der Waals surface area contributed by atoms with Crippen LogP contribution >= 0.6 is 15.9 Å². The molecule has 0 radical (unpaired) electrons. The molecule has 0 aliphatic carbocycles. The van der Waals surface area contributed by atoms with Gasteiger partial charge in [0.1, 0.15) is 5.82 Å². The minimum absolute atomic E-state index is 0.0337. The molecule has 26 heavy (non-hydrogen) atoms. The maximum absolute atomic E-state index is 13.3. The largest absolute Gasteiger partial charge is 0.378 e. The Morgan fingerprint density at radius 3 is 2.19 bits per heavy atom. The lowest BCUT2D eigenvalue weighted by atomic mass is 9.97. The molecule has 2 nitrogen and oxygen atoms in total. The zero-order chi connectivity index (χ0) is 18.5. The number of aryl methyl sites for hydroxylation is 1. The Morgan fingerprint density at radius 1 is 0.962 bits per heavy atom. The van der Waals surface area contributed by atoms with E-state index in [0.29, 0.717) is 5.56 Å². The minimum Gasteiger partial charge on any atom is -0.378 e. The summed E-state index contributed by atoms with van der Waals surface area (Å²) in [6, 6.07) is 21.3. The molecule has 1 unspecified atom stereocenters. The highest BCUT2D eigenvalue weighted by molar-refractivity contribution is 9.10. The number of halogens is 2. The van der Waals surface area contributed by atoms with Crippen molar-refractivity contribution in [3.05, 3.63) is 99.8 Å². The highest BCUT2D eigenvalue weighted by Crippen LogP contribution is 2.25. The van der Waals surface area contributed by atoms with Gasteiger partial charge in [-0.05, 0) is 48.9 Å². The Bertz CT molecular complexity index is 874. The van der Waals surface area contributed by atoms with Crippen LogP contribution in [0, 0.1) is 12.7 Å². The molecule has 3 aromatic rings. The predicted octanol–water partition coefficient (Wildman–Crippen LogP) is 6.32. The van der Waals surface area contributed by atoms with Crippen molar-refractivity contribution in [2.45, 2.75) is 19.4 Å². The van der Waals surface area contributed by atoms with Crippen LogP contribution in [0.5, 0.6) is 0 Å². The van der Waals surface area contributed by atoms with Gasteiger partial charge in [-0.2, -0.15) is 0 Å². The third-order valence-electron chi connectivity index (χ3n) is 4.22. The van der Waals surface area contributed by atoms with Crippen LogP contribution in [0.4, 0.5) is 10.1 Å². The number of nitrogens with one attached hydrogen (secondary N) is 1. The summed E-state index contributed by atoms with van der Waals surface area (Å²) < 4.78 is 14.2. The van der Waals surface area contributed by atoms with Crippen molar-refractivity contribution in [1.29, 1.82) is 0 Å². The Hall–Kier alpha value is -2.46. The average Bonchev–Trinajstić information content (AvgIpc) is 2.64. The van der Waals surface area contributed by atoms with Crippen LogP contribution in [0.2, 0.25) is 0 Å². The van der Waals surface area contributed by atoms with Crippen LogP contribution in [-0.4, -0.2) is 5.78 Å². The molecule has 3 rings (SSSR count). The molecule has 0 spiro atoms. The van der Waals surface area contributed by atoms with Crippen LogP contribution < -0.4 is 5.32 Å². The second kappa shape index (κ2) is 8.28. The first-order valence-corrected chi connectivity index (χ1v) is 9.18. The number of hydrogen-bond acceptors (Lipinski definition) is 2. The lowest BCUT2D eigenvalue weighted by Gasteiger charge is -2.20. The topological polar surface area (TPSA) is 29.1 Å². The molecule has 1 atom stereocenters. The van der Waals surface area contributed by atoms with Gasteiger partial charge in [-0.1, -0.05) is 57.9 Å². The van der Waals surface area contributed by atoms with Crippen LogP contribution in [0.1, 0.15) is 33.9 Å². The monoisotopic (exact) mass is 411 g/mol. The molecule has 0 aliphatic heterocycles. The number of carbonyl (C=O) groups excluding carboxylic acids is 1. The third-order valence-corrected chi connectivity index (χ3v) is 4.75. The number of anilines is 1. The summed E-state index contributed by atoms with van der Waals surface area (Å²) in [6.45, 7) is 2.03. The first kappa shape index (κ1) is 18.3. The van der Waals surface area contributed by atoms with Gasteiger partial charge in [0.15, 0.2) is 5.78 Å². The maximum atomic E-state index is 13.3. The molecule has 0 fully saturated rings. The number of carbonyl (C=O) groups is 1. The third kappa shape index (κ3) is 4.79. The van der Waals surface area contributed by atoms with E-state index in [-0.39, 0.29) is 24.1 Å². The van der Waals surface area contributed by atoms with Gasteiger partial charge in [0.05, 0.1) is 6.04 Å². The van der Waals surface area contributed by atoms with Crippen LogP contribution in [-0.2, 0) is 0 Å². The molecule has 0 aromatic heterocycles. The van der Waals surface area contributed by atoms with E-state index in [9.17, 15) is 9.18 Å². The molecule has 0 saturated carbocycles. The Balaban J connectivity index is 1.84. The Kier molecular flexibility index (Phi) is 5.84. The highest BCUT2D eigenvalue weighted by atomic mass is 79.9. The fourth-order valence-corrected chi connectivity index (χ4v) is 3.00. The standard InChI is InChI=1S/C22H19BrFNO/c1-15-2-12-20(13-3-15)25-21(16-6-10-19(24)11-7-16)14-22(26)17-4-8-18(23)9-5-17/h2-13,21,25H,14H2,1H3. The lowest BCUT2D eigenvalue weighted by Crippen LogP contribution is -2.16. The minimum atomic E-state index is -0.290. The van der Waals surface area contributed by atoms with Gasteiger partial charge in [0.25, 0.3) is 0 Å². The van der Waals surface area contributed by atoms with E-state index in [1.54, 1.807) is 24.3 Å². The van der Waals surface area contributed by atoms with E-state index >= 15 is 0 Å². The molecule has 0 bridgehead atoms. The molecular weight excluding hydrogens is 393 g/mol. The lowest BCUT2D eigenvalue weighted by molar-refractivity contribution is 0.0976. The summed E-state index contributed by atoms with van der Waals surface area (Å²) in [6.07, 6.45) is 0.279. The van der Waals surface area contributed by atoms with Gasteiger partial charge in [-0.25, -0.2) is 4.39 Å². The number of rotatable bonds is 6. The molecule has 4 heteroatoms. The van der Waals surface area contributed by atoms with Crippen LogP contribution in [0.15, 0.2) is 77.3 Å². The van der Waals surface area contributed by atoms with Crippen molar-refractivity contribution in [1.82, 2.24) is 0 Å². The van der Waals surface area contributed by atoms with E-state index in [1.807, 2.05) is 43.3 Å². The second-order valence-electron chi connectivity index (χ2n) is 6.25. The molecule has 3 aromatic carbocycles. The summed E-state index contributed by atoms with van der Waals surface area (Å²) in [5, 5.41) is 3.40. The first-order chi connectivity index (χ1) is 12.5. The quantitative estimate of drug-likeness (QED) is 0.480. The Morgan fingerprint density at radius 2 is 1.58 bits per heavy atom. The van der Waals surface area contributed by atoms with E-state index in [0.717, 1.165) is 15.7 Å². The molecule has 0 saturated heterocycles. The van der Waals surface area contributed by atoms with Crippen molar-refractivity contribution >= 4 is 27.4 Å². The summed E-state index contributed by atoms with van der Waals surface area (Å²) in [5.41, 5.74) is 3.62. The van der Waals surface area contributed by atoms with Crippen molar-refractivity contribution in [3.63, 3.8) is 0 Å². The zero-order valence-corrected chi connectivity index (χ0v) is 16.0. The summed E-state index contributed by atoms with van der Waals surface area (Å²) >= 11 is 3.38. The van der Waals surface area contributed by atoms with Gasteiger partial charge < -0.3 is 5.32 Å². The first-order valence-electron chi connectivity index (χ1n) is 8.39. The zero-order valence-electron chi connectivity index (χ0n) is 14.4. The Labute approximate surface area is 161 Å². The highest BCUT2D eigenvalue weighted by Gasteiger charge is 2.17. The molecule has 0 heterocycles. The van der Waals surface area contributed by atoms with E-state index in [4.69, 9.17) is 0 Å². The SMILES string of the molecule is Cc1ccc(NC(CC(=O)c2ccc(Br)cc2)c2ccc(F)cc2)cc1.